The van der Waals surface area contributed by atoms with Gasteiger partial charge >= 0.3 is 5.97 Å². The highest BCUT2D eigenvalue weighted by Gasteiger charge is 2.23. The molecule has 1 amide bonds. The summed E-state index contributed by atoms with van der Waals surface area (Å²) in [6.07, 6.45) is 2.53. The lowest BCUT2D eigenvalue weighted by molar-refractivity contribution is -0.124. The van der Waals surface area contributed by atoms with E-state index in [4.69, 9.17) is 4.74 Å². The average molecular weight is 582 g/mol. The lowest BCUT2D eigenvalue weighted by Gasteiger charge is -2.16. The molecule has 208 valence electrons. The summed E-state index contributed by atoms with van der Waals surface area (Å²) in [5.41, 5.74) is 2.02. The molecule has 2 heterocycles. The zero-order chi connectivity index (χ0) is 28.9. The number of carbonyl (C=O) groups excluding carboxylic acids is 2. The Morgan fingerprint density at radius 1 is 1.02 bits per heavy atom. The summed E-state index contributed by atoms with van der Waals surface area (Å²) < 4.78 is 34.9. The molecule has 0 saturated heterocycles. The van der Waals surface area contributed by atoms with E-state index in [2.05, 4.69) is 30.2 Å². The minimum atomic E-state index is -3.93. The fourth-order valence-electron chi connectivity index (χ4n) is 3.66. The molecule has 1 atom stereocenters. The van der Waals surface area contributed by atoms with Crippen LogP contribution < -0.4 is 10.0 Å². The third kappa shape index (κ3) is 6.63. The number of esters is 1. The summed E-state index contributed by atoms with van der Waals surface area (Å²) >= 11 is 1.45. The van der Waals surface area contributed by atoms with Crippen LogP contribution in [-0.2, 0) is 19.6 Å². The van der Waals surface area contributed by atoms with E-state index in [1.807, 2.05) is 17.7 Å². The summed E-state index contributed by atoms with van der Waals surface area (Å²) in [4.78, 5) is 33.5. The molecule has 4 rings (SSSR count). The number of benzene rings is 2. The molecule has 12 nitrogen and oxygen atoms in total. The molecule has 14 heteroatoms. The second-order valence-corrected chi connectivity index (χ2v) is 11.0. The summed E-state index contributed by atoms with van der Waals surface area (Å²) in [6.45, 7) is 5.27. The number of rotatable bonds is 10. The van der Waals surface area contributed by atoms with Crippen molar-refractivity contribution < 1.29 is 22.7 Å². The average Bonchev–Trinajstić information content (AvgIpc) is 3.32. The van der Waals surface area contributed by atoms with E-state index >= 15 is 0 Å². The Bertz CT molecular complexity index is 1620. The molecule has 2 aromatic heterocycles. The third-order valence-electron chi connectivity index (χ3n) is 5.70. The molecule has 0 radical (unpaired) electrons. The van der Waals surface area contributed by atoms with E-state index in [1.165, 1.54) is 42.2 Å². The van der Waals surface area contributed by atoms with Crippen molar-refractivity contribution in [2.24, 2.45) is 0 Å². The molecule has 0 spiro atoms. The van der Waals surface area contributed by atoms with Crippen LogP contribution in [0.25, 0.3) is 5.69 Å². The highest BCUT2D eigenvalue weighted by atomic mass is 32.2. The molecule has 0 bridgehead atoms. The smallest absolute Gasteiger partial charge is 0.338 e. The highest BCUT2D eigenvalue weighted by molar-refractivity contribution is 7.98. The van der Waals surface area contributed by atoms with Crippen molar-refractivity contribution in [3.63, 3.8) is 0 Å². The standard InChI is InChI=1S/C26H27N7O5S2/c1-5-22(38-24(35)18-6-10-20(11-7-18)33-17(3)30-31-26(33)39-4)23(34)29-19-8-12-21(13-9-19)40(36,37)32-25-27-15-14-16(2)28-25/h6-15,22H,5H2,1-4H3,(H,29,34)(H,27,28,32). The van der Waals surface area contributed by atoms with Gasteiger partial charge in [0.1, 0.15) is 5.82 Å². The van der Waals surface area contributed by atoms with Crippen LogP contribution in [0.5, 0.6) is 0 Å². The van der Waals surface area contributed by atoms with Gasteiger partial charge in [-0.15, -0.1) is 10.2 Å². The van der Waals surface area contributed by atoms with E-state index in [-0.39, 0.29) is 22.8 Å². The Hall–Kier alpha value is -4.30. The number of hydrogen-bond donors (Lipinski definition) is 2. The van der Waals surface area contributed by atoms with E-state index < -0.39 is 28.0 Å². The van der Waals surface area contributed by atoms with Crippen LogP contribution in [0.4, 0.5) is 11.6 Å². The van der Waals surface area contributed by atoms with Crippen molar-refractivity contribution >= 4 is 45.3 Å². The number of nitrogens with zero attached hydrogens (tertiary/aromatic N) is 5. The monoisotopic (exact) mass is 581 g/mol. The highest BCUT2D eigenvalue weighted by Crippen LogP contribution is 2.21. The fourth-order valence-corrected chi connectivity index (χ4v) is 5.15. The van der Waals surface area contributed by atoms with Gasteiger partial charge in [-0.25, -0.2) is 27.9 Å². The van der Waals surface area contributed by atoms with Crippen LogP contribution in [0.1, 0.15) is 35.2 Å². The summed E-state index contributed by atoms with van der Waals surface area (Å²) in [6, 6.07) is 13.9. The first-order chi connectivity index (χ1) is 19.1. The second-order valence-electron chi connectivity index (χ2n) is 8.56. The number of carbonyl (C=O) groups is 2. The Morgan fingerprint density at radius 3 is 2.35 bits per heavy atom. The Labute approximate surface area is 235 Å². The number of nitrogens with one attached hydrogen (secondary N) is 2. The topological polar surface area (TPSA) is 158 Å². The lowest BCUT2D eigenvalue weighted by atomic mass is 10.2. The molecular weight excluding hydrogens is 554 g/mol. The number of aryl methyl sites for hydroxylation is 2. The van der Waals surface area contributed by atoms with Crippen molar-refractivity contribution in [3.05, 3.63) is 77.9 Å². The van der Waals surface area contributed by atoms with Crippen molar-refractivity contribution in [2.45, 2.75) is 43.3 Å². The van der Waals surface area contributed by atoms with Gasteiger partial charge in [0.05, 0.1) is 10.5 Å². The van der Waals surface area contributed by atoms with Crippen LogP contribution >= 0.6 is 11.8 Å². The normalized spacial score (nSPS) is 12.0. The fraction of sp³-hybridized carbons (Fsp3) is 0.231. The maximum absolute atomic E-state index is 12.8. The Morgan fingerprint density at radius 2 is 1.73 bits per heavy atom. The SMILES string of the molecule is CCC(OC(=O)c1ccc(-n2c(C)nnc2SC)cc1)C(=O)Nc1ccc(S(=O)(=O)Nc2nccc(C)n2)cc1. The Kier molecular flexibility index (Phi) is 8.80. The van der Waals surface area contributed by atoms with Crippen molar-refractivity contribution in [1.29, 1.82) is 0 Å². The van der Waals surface area contributed by atoms with Crippen LogP contribution in [0.2, 0.25) is 0 Å². The van der Waals surface area contributed by atoms with E-state index in [9.17, 15) is 18.0 Å². The summed E-state index contributed by atoms with van der Waals surface area (Å²) in [5, 5.41) is 11.6. The molecule has 2 N–H and O–H groups in total. The van der Waals surface area contributed by atoms with E-state index in [1.54, 1.807) is 44.2 Å². The predicted molar refractivity (Wildman–Crippen MR) is 150 cm³/mol. The van der Waals surface area contributed by atoms with Crippen molar-refractivity contribution in [3.8, 4) is 5.69 Å². The van der Waals surface area contributed by atoms with Crippen LogP contribution in [0, 0.1) is 13.8 Å². The lowest BCUT2D eigenvalue weighted by Crippen LogP contribution is -2.32. The maximum Gasteiger partial charge on any atom is 0.338 e. The Balaban J connectivity index is 1.38. The number of aromatic nitrogens is 5. The van der Waals surface area contributed by atoms with Gasteiger partial charge in [0, 0.05) is 23.3 Å². The molecule has 0 aliphatic carbocycles. The first-order valence-electron chi connectivity index (χ1n) is 12.1. The number of hydrogen-bond acceptors (Lipinski definition) is 10. The molecule has 1 unspecified atom stereocenters. The first kappa shape index (κ1) is 28.7. The molecule has 0 aliphatic rings. The van der Waals surface area contributed by atoms with Crippen LogP contribution in [0.15, 0.2) is 70.8 Å². The predicted octanol–water partition coefficient (Wildman–Crippen LogP) is 3.77. The maximum atomic E-state index is 12.8. The van der Waals surface area contributed by atoms with Gasteiger partial charge in [0.2, 0.25) is 5.95 Å². The summed E-state index contributed by atoms with van der Waals surface area (Å²) in [7, 11) is -3.93. The van der Waals surface area contributed by atoms with Gasteiger partial charge in [0.25, 0.3) is 15.9 Å². The van der Waals surface area contributed by atoms with Gasteiger partial charge in [0.15, 0.2) is 11.3 Å². The minimum absolute atomic E-state index is 0.0381. The molecule has 2 aromatic carbocycles. The summed E-state index contributed by atoms with van der Waals surface area (Å²) in [5.74, 6) is -0.521. The van der Waals surface area contributed by atoms with Crippen LogP contribution in [-0.4, -0.2) is 57.4 Å². The van der Waals surface area contributed by atoms with E-state index in [0.717, 1.165) is 10.8 Å². The number of ether oxygens (including phenoxy) is 1. The zero-order valence-electron chi connectivity index (χ0n) is 22.2. The van der Waals surface area contributed by atoms with Gasteiger partial charge in [-0.3, -0.25) is 9.36 Å². The molecule has 0 saturated carbocycles. The third-order valence-corrected chi connectivity index (χ3v) is 7.68. The minimum Gasteiger partial charge on any atom is -0.449 e. The van der Waals surface area contributed by atoms with Gasteiger partial charge in [-0.2, -0.15) is 0 Å². The number of thioether (sulfide) groups is 1. The molecule has 4 aromatic rings. The molecular formula is C26H27N7O5S2. The van der Waals surface area contributed by atoms with Gasteiger partial charge in [-0.05, 0) is 81.1 Å². The second kappa shape index (κ2) is 12.3. The first-order valence-corrected chi connectivity index (χ1v) is 14.8. The number of anilines is 2. The van der Waals surface area contributed by atoms with Crippen molar-refractivity contribution in [2.75, 3.05) is 16.3 Å². The van der Waals surface area contributed by atoms with Gasteiger partial charge < -0.3 is 10.1 Å². The molecule has 0 fully saturated rings. The van der Waals surface area contributed by atoms with E-state index in [0.29, 0.717) is 17.2 Å². The van der Waals surface area contributed by atoms with Crippen molar-refractivity contribution in [1.82, 2.24) is 24.7 Å². The number of sulfonamides is 1. The quantitative estimate of drug-likeness (QED) is 0.209. The molecule has 0 aliphatic heterocycles. The van der Waals surface area contributed by atoms with Crippen LogP contribution in [0.3, 0.4) is 0 Å². The zero-order valence-corrected chi connectivity index (χ0v) is 23.8. The molecule has 40 heavy (non-hydrogen) atoms. The largest absolute Gasteiger partial charge is 0.449 e. The van der Waals surface area contributed by atoms with Gasteiger partial charge in [-0.1, -0.05) is 18.7 Å². The number of amides is 1.